The van der Waals surface area contributed by atoms with Gasteiger partial charge in [-0.05, 0) is 19.8 Å². The fourth-order valence-electron chi connectivity index (χ4n) is 1.90. The lowest BCUT2D eigenvalue weighted by Crippen LogP contribution is -2.07. The average molecular weight is 288 g/mol. The van der Waals surface area contributed by atoms with Gasteiger partial charge in [-0.2, -0.15) is 0 Å². The highest BCUT2D eigenvalue weighted by atomic mass is 15.1. The first-order chi connectivity index (χ1) is 10.2. The van der Waals surface area contributed by atoms with Crippen molar-refractivity contribution in [2.75, 3.05) is 5.73 Å². The number of allylic oxidation sites excluding steroid dienone is 3. The van der Waals surface area contributed by atoms with Crippen molar-refractivity contribution in [1.82, 2.24) is 14.4 Å². The van der Waals surface area contributed by atoms with Gasteiger partial charge in [0.1, 0.15) is 0 Å². The molecule has 2 heterocycles. The van der Waals surface area contributed by atoms with Crippen molar-refractivity contribution in [3.63, 3.8) is 0 Å². The zero-order valence-electron chi connectivity index (χ0n) is 13.9. The lowest BCUT2D eigenvalue weighted by atomic mass is 10.2. The number of aryl methyl sites for hydroxylation is 2. The second-order valence-corrected chi connectivity index (χ2v) is 3.98. The quantitative estimate of drug-likeness (QED) is 0.861. The lowest BCUT2D eigenvalue weighted by molar-refractivity contribution is 0.881. The van der Waals surface area contributed by atoms with Crippen LogP contribution in [0.5, 0.6) is 0 Å². The van der Waals surface area contributed by atoms with Gasteiger partial charge in [0, 0.05) is 18.1 Å². The van der Waals surface area contributed by atoms with Gasteiger partial charge < -0.3 is 5.73 Å². The van der Waals surface area contributed by atoms with E-state index in [2.05, 4.69) is 30.4 Å². The first-order valence-electron chi connectivity index (χ1n) is 7.53. The normalized spacial score (nSPS) is 9.76. The Morgan fingerprint density at radius 2 is 1.95 bits per heavy atom. The van der Waals surface area contributed by atoms with Crippen LogP contribution in [-0.4, -0.2) is 14.4 Å². The number of nitrogens with zero attached hydrogens (tertiary/aromatic N) is 3. The van der Waals surface area contributed by atoms with Crippen LogP contribution in [0.3, 0.4) is 0 Å². The maximum absolute atomic E-state index is 5.81. The summed E-state index contributed by atoms with van der Waals surface area (Å²) in [5, 5.41) is 0. The Kier molecular flexibility index (Phi) is 9.59. The molecule has 2 aromatic heterocycles. The molecule has 0 bridgehead atoms. The molecule has 2 aromatic rings. The van der Waals surface area contributed by atoms with Gasteiger partial charge in [0.05, 0.1) is 5.69 Å². The highest BCUT2D eigenvalue weighted by molar-refractivity contribution is 5.60. The summed E-state index contributed by atoms with van der Waals surface area (Å²) in [6.07, 6.45) is 11.1. The number of anilines is 1. The summed E-state index contributed by atoms with van der Waals surface area (Å²) in [6.45, 7) is 13.6. The minimum atomic E-state index is 0.518. The second-order valence-electron chi connectivity index (χ2n) is 3.98. The maximum atomic E-state index is 5.81. The van der Waals surface area contributed by atoms with E-state index >= 15 is 0 Å². The summed E-state index contributed by atoms with van der Waals surface area (Å²) in [6, 6.07) is 0. The molecule has 0 fully saturated rings. The highest BCUT2D eigenvalue weighted by Gasteiger charge is 2.09. The van der Waals surface area contributed by atoms with Gasteiger partial charge in [-0.15, -0.1) is 0 Å². The molecule has 0 aliphatic rings. The molecule has 0 saturated heterocycles. The Hall–Kier alpha value is -2.10. The van der Waals surface area contributed by atoms with E-state index in [1.807, 2.05) is 43.5 Å². The molecule has 2 N–H and O–H groups in total. The molecule has 0 aliphatic heterocycles. The fraction of sp³-hybridized carbons (Fsp3) is 0.412. The molecule has 4 heteroatoms. The smallest absolute Gasteiger partial charge is 0.180 e. The van der Waals surface area contributed by atoms with Crippen molar-refractivity contribution < 1.29 is 0 Å². The van der Waals surface area contributed by atoms with Gasteiger partial charge in [0.2, 0.25) is 0 Å². The van der Waals surface area contributed by atoms with E-state index in [4.69, 9.17) is 5.73 Å². The van der Waals surface area contributed by atoms with Gasteiger partial charge in [-0.3, -0.25) is 4.40 Å². The molecule has 0 atom stereocenters. The van der Waals surface area contributed by atoms with Gasteiger partial charge in [-0.25, -0.2) is 9.97 Å². The lowest BCUT2D eigenvalue weighted by Gasteiger charge is -2.09. The second kappa shape index (κ2) is 10.7. The minimum absolute atomic E-state index is 0.518. The molecule has 0 aromatic carbocycles. The molecular weight excluding hydrogens is 260 g/mol. The third kappa shape index (κ3) is 5.06. The molecule has 0 saturated carbocycles. The molecule has 0 amide bonds. The SMILES string of the molecule is C=C/C=C\C.CC.CCc1nc(N)c2nccn2c1CC. The van der Waals surface area contributed by atoms with Crippen LogP contribution in [0.2, 0.25) is 0 Å². The zero-order valence-corrected chi connectivity index (χ0v) is 13.9. The first kappa shape index (κ1) is 18.9. The van der Waals surface area contributed by atoms with E-state index in [0.717, 1.165) is 24.2 Å². The van der Waals surface area contributed by atoms with E-state index < -0.39 is 0 Å². The summed E-state index contributed by atoms with van der Waals surface area (Å²) in [5.41, 5.74) is 8.84. The fourth-order valence-corrected chi connectivity index (χ4v) is 1.90. The number of hydrogen-bond acceptors (Lipinski definition) is 3. The molecule has 0 radical (unpaired) electrons. The van der Waals surface area contributed by atoms with Gasteiger partial charge >= 0.3 is 0 Å². The Bertz CT molecular complexity index is 567. The van der Waals surface area contributed by atoms with Crippen LogP contribution >= 0.6 is 0 Å². The van der Waals surface area contributed by atoms with E-state index in [1.54, 1.807) is 12.3 Å². The first-order valence-corrected chi connectivity index (χ1v) is 7.53. The molecule has 0 unspecified atom stereocenters. The standard InChI is InChI=1S/C10H14N4.C5H8.C2H6/c1-3-7-8(4-2)14-6-5-12-10(14)9(11)13-7;1-3-5-4-2;1-2/h5-6H,3-4H2,1-2H3,(H2,11,13);3-5H,1H2,2H3;1-2H3/b;5-4-;. The van der Waals surface area contributed by atoms with Gasteiger partial charge in [-0.1, -0.05) is 52.5 Å². The van der Waals surface area contributed by atoms with Crippen molar-refractivity contribution in [1.29, 1.82) is 0 Å². The van der Waals surface area contributed by atoms with Crippen molar-refractivity contribution in [3.8, 4) is 0 Å². The summed E-state index contributed by atoms with van der Waals surface area (Å²) >= 11 is 0. The van der Waals surface area contributed by atoms with Crippen LogP contribution < -0.4 is 5.73 Å². The van der Waals surface area contributed by atoms with E-state index in [1.165, 1.54) is 5.69 Å². The van der Waals surface area contributed by atoms with E-state index in [9.17, 15) is 0 Å². The van der Waals surface area contributed by atoms with Crippen molar-refractivity contribution in [2.24, 2.45) is 0 Å². The molecule has 4 nitrogen and oxygen atoms in total. The third-order valence-corrected chi connectivity index (χ3v) is 2.75. The predicted octanol–water partition coefficient (Wildman–Crippen LogP) is 4.21. The van der Waals surface area contributed by atoms with E-state index in [0.29, 0.717) is 5.82 Å². The monoisotopic (exact) mass is 288 g/mol. The summed E-state index contributed by atoms with van der Waals surface area (Å²) < 4.78 is 2.03. The van der Waals surface area contributed by atoms with Crippen LogP contribution in [0.25, 0.3) is 5.65 Å². The number of nitrogen functional groups attached to an aromatic ring is 1. The highest BCUT2D eigenvalue weighted by Crippen LogP contribution is 2.16. The van der Waals surface area contributed by atoms with Crippen LogP contribution in [0.4, 0.5) is 5.82 Å². The average Bonchev–Trinajstić information content (AvgIpc) is 3.00. The maximum Gasteiger partial charge on any atom is 0.180 e. The topological polar surface area (TPSA) is 56.2 Å². The molecule has 0 aliphatic carbocycles. The number of aromatic nitrogens is 3. The third-order valence-electron chi connectivity index (χ3n) is 2.75. The molecular formula is C17H28N4. The largest absolute Gasteiger partial charge is 0.381 e. The van der Waals surface area contributed by atoms with E-state index in [-0.39, 0.29) is 0 Å². The molecule has 116 valence electrons. The zero-order chi connectivity index (χ0) is 16.3. The Morgan fingerprint density at radius 1 is 1.29 bits per heavy atom. The number of hydrogen-bond donors (Lipinski definition) is 1. The van der Waals surface area contributed by atoms with Gasteiger partial charge in [0.25, 0.3) is 0 Å². The van der Waals surface area contributed by atoms with Crippen molar-refractivity contribution in [3.05, 3.63) is 48.6 Å². The molecule has 21 heavy (non-hydrogen) atoms. The Balaban J connectivity index is 0.000000489. The number of nitrogens with two attached hydrogens (primary N) is 1. The predicted molar refractivity (Wildman–Crippen MR) is 92.5 cm³/mol. The van der Waals surface area contributed by atoms with Crippen molar-refractivity contribution >= 4 is 11.5 Å². The Labute approximate surface area is 128 Å². The van der Waals surface area contributed by atoms with Crippen LogP contribution in [-0.2, 0) is 12.8 Å². The van der Waals surface area contributed by atoms with Gasteiger partial charge in [0.15, 0.2) is 11.5 Å². The van der Waals surface area contributed by atoms with Crippen LogP contribution in [0, 0.1) is 0 Å². The van der Waals surface area contributed by atoms with Crippen LogP contribution in [0.1, 0.15) is 46.0 Å². The minimum Gasteiger partial charge on any atom is -0.381 e. The van der Waals surface area contributed by atoms with Crippen LogP contribution in [0.15, 0.2) is 37.2 Å². The summed E-state index contributed by atoms with van der Waals surface area (Å²) in [5.74, 6) is 0.518. The number of fused-ring (bicyclic) bond motifs is 1. The molecule has 2 rings (SSSR count). The van der Waals surface area contributed by atoms with Crippen molar-refractivity contribution in [2.45, 2.75) is 47.5 Å². The number of imidazole rings is 1. The summed E-state index contributed by atoms with van der Waals surface area (Å²) in [7, 11) is 0. The summed E-state index contributed by atoms with van der Waals surface area (Å²) in [4.78, 5) is 8.53. The Morgan fingerprint density at radius 3 is 2.38 bits per heavy atom. The number of rotatable bonds is 3. The molecule has 0 spiro atoms.